The second-order valence-electron chi connectivity index (χ2n) is 6.04. The van der Waals surface area contributed by atoms with Gasteiger partial charge in [0.2, 0.25) is 0 Å². The lowest BCUT2D eigenvalue weighted by Crippen LogP contribution is -2.60. The number of nitrogens with zero attached hydrogens (tertiary/aromatic N) is 1. The van der Waals surface area contributed by atoms with Crippen molar-refractivity contribution in [1.29, 1.82) is 0 Å². The maximum Gasteiger partial charge on any atom is 0.0101 e. The zero-order chi connectivity index (χ0) is 10.3. The molecule has 2 heteroatoms. The number of likely N-dealkylation sites (tertiary alicyclic amines) is 1. The summed E-state index contributed by atoms with van der Waals surface area (Å²) in [5.74, 6) is 1.05. The zero-order valence-corrected chi connectivity index (χ0v) is 9.97. The third-order valence-corrected chi connectivity index (χ3v) is 5.16. The van der Waals surface area contributed by atoms with Gasteiger partial charge in [-0.05, 0) is 50.1 Å². The highest BCUT2D eigenvalue weighted by Gasteiger charge is 2.42. The average Bonchev–Trinajstić information content (AvgIpc) is 2.15. The number of piperidine rings is 1. The first-order chi connectivity index (χ1) is 7.31. The van der Waals surface area contributed by atoms with Gasteiger partial charge in [-0.1, -0.05) is 13.3 Å². The summed E-state index contributed by atoms with van der Waals surface area (Å²) in [6.07, 6.45) is 7.28. The summed E-state index contributed by atoms with van der Waals surface area (Å²) < 4.78 is 0. The molecule has 2 aliphatic heterocycles. The van der Waals surface area contributed by atoms with Crippen molar-refractivity contribution < 1.29 is 0 Å². The minimum absolute atomic E-state index is 0.727. The van der Waals surface area contributed by atoms with Crippen molar-refractivity contribution in [2.75, 3.05) is 26.2 Å². The SMILES string of the molecule is CCC1CC(N2CCC3(CC2)CNC3)C1. The Morgan fingerprint density at radius 2 is 1.87 bits per heavy atom. The van der Waals surface area contributed by atoms with Crippen LogP contribution in [0.3, 0.4) is 0 Å². The molecule has 1 aliphatic carbocycles. The van der Waals surface area contributed by atoms with Crippen molar-refractivity contribution in [3.8, 4) is 0 Å². The molecule has 1 saturated carbocycles. The Hall–Kier alpha value is -0.0800. The van der Waals surface area contributed by atoms with Crippen LogP contribution in [0.1, 0.15) is 39.0 Å². The Labute approximate surface area is 93.4 Å². The van der Waals surface area contributed by atoms with Gasteiger partial charge in [0.05, 0.1) is 0 Å². The van der Waals surface area contributed by atoms with E-state index in [4.69, 9.17) is 0 Å². The lowest BCUT2D eigenvalue weighted by molar-refractivity contribution is -0.00231. The van der Waals surface area contributed by atoms with Gasteiger partial charge in [-0.2, -0.15) is 0 Å². The molecule has 2 nitrogen and oxygen atoms in total. The Kier molecular flexibility index (Phi) is 2.52. The van der Waals surface area contributed by atoms with E-state index in [2.05, 4.69) is 17.1 Å². The van der Waals surface area contributed by atoms with E-state index in [0.29, 0.717) is 0 Å². The number of hydrogen-bond acceptors (Lipinski definition) is 2. The monoisotopic (exact) mass is 208 g/mol. The fourth-order valence-corrected chi connectivity index (χ4v) is 3.53. The van der Waals surface area contributed by atoms with Gasteiger partial charge >= 0.3 is 0 Å². The predicted octanol–water partition coefficient (Wildman–Crippen LogP) is 1.86. The van der Waals surface area contributed by atoms with E-state index < -0.39 is 0 Å². The summed E-state index contributed by atoms with van der Waals surface area (Å²) in [7, 11) is 0. The Balaban J connectivity index is 1.46. The maximum atomic E-state index is 3.44. The van der Waals surface area contributed by atoms with Crippen molar-refractivity contribution in [2.45, 2.75) is 45.1 Å². The summed E-state index contributed by atoms with van der Waals surface area (Å²) >= 11 is 0. The molecule has 86 valence electrons. The van der Waals surface area contributed by atoms with Gasteiger partial charge in [-0.3, -0.25) is 0 Å². The van der Waals surface area contributed by atoms with Crippen LogP contribution in [0.4, 0.5) is 0 Å². The summed E-state index contributed by atoms with van der Waals surface area (Å²) in [4.78, 5) is 2.77. The fraction of sp³-hybridized carbons (Fsp3) is 1.00. The van der Waals surface area contributed by atoms with Crippen LogP contribution in [-0.4, -0.2) is 37.1 Å². The molecule has 15 heavy (non-hydrogen) atoms. The van der Waals surface area contributed by atoms with E-state index in [9.17, 15) is 0 Å². The van der Waals surface area contributed by atoms with Crippen LogP contribution in [0.2, 0.25) is 0 Å². The standard InChI is InChI=1S/C13H24N2/c1-2-11-7-12(8-11)15-5-3-13(4-6-15)9-14-10-13/h11-12,14H,2-10H2,1H3. The molecule has 0 amide bonds. The molecule has 1 spiro atoms. The summed E-state index contributed by atoms with van der Waals surface area (Å²) in [6.45, 7) is 7.68. The largest absolute Gasteiger partial charge is 0.316 e. The molecule has 3 fully saturated rings. The molecule has 3 aliphatic rings. The minimum atomic E-state index is 0.727. The lowest BCUT2D eigenvalue weighted by atomic mass is 9.71. The molecule has 2 heterocycles. The van der Waals surface area contributed by atoms with Crippen molar-refractivity contribution in [3.05, 3.63) is 0 Å². The van der Waals surface area contributed by atoms with Crippen molar-refractivity contribution in [2.24, 2.45) is 11.3 Å². The highest BCUT2D eigenvalue weighted by atomic mass is 15.2. The highest BCUT2D eigenvalue weighted by molar-refractivity contribution is 4.98. The molecular formula is C13H24N2. The molecule has 0 aromatic rings. The maximum absolute atomic E-state index is 3.44. The van der Waals surface area contributed by atoms with Crippen LogP contribution in [-0.2, 0) is 0 Å². The summed E-state index contributed by atoms with van der Waals surface area (Å²) in [6, 6.07) is 0.959. The van der Waals surface area contributed by atoms with Crippen LogP contribution >= 0.6 is 0 Å². The molecule has 0 aromatic heterocycles. The van der Waals surface area contributed by atoms with Gasteiger partial charge in [-0.25, -0.2) is 0 Å². The molecule has 0 bridgehead atoms. The van der Waals surface area contributed by atoms with Crippen LogP contribution in [0.5, 0.6) is 0 Å². The fourth-order valence-electron chi connectivity index (χ4n) is 3.53. The van der Waals surface area contributed by atoms with Crippen LogP contribution in [0, 0.1) is 11.3 Å². The normalized spacial score (nSPS) is 39.8. The van der Waals surface area contributed by atoms with Gasteiger partial charge < -0.3 is 10.2 Å². The topological polar surface area (TPSA) is 15.3 Å². The number of hydrogen-bond donors (Lipinski definition) is 1. The molecule has 0 unspecified atom stereocenters. The number of rotatable bonds is 2. The van der Waals surface area contributed by atoms with Gasteiger partial charge in [0, 0.05) is 19.1 Å². The van der Waals surface area contributed by atoms with E-state index in [1.165, 1.54) is 58.3 Å². The Bertz CT molecular complexity index is 219. The predicted molar refractivity (Wildman–Crippen MR) is 62.9 cm³/mol. The van der Waals surface area contributed by atoms with Crippen LogP contribution in [0.15, 0.2) is 0 Å². The molecule has 3 rings (SSSR count). The first-order valence-corrected chi connectivity index (χ1v) is 6.76. The van der Waals surface area contributed by atoms with Gasteiger partial charge in [0.25, 0.3) is 0 Å². The Morgan fingerprint density at radius 3 is 2.33 bits per heavy atom. The van der Waals surface area contributed by atoms with Crippen LogP contribution < -0.4 is 5.32 Å². The smallest absolute Gasteiger partial charge is 0.0101 e. The van der Waals surface area contributed by atoms with Gasteiger partial charge in [0.1, 0.15) is 0 Å². The quantitative estimate of drug-likeness (QED) is 0.745. The summed E-state index contributed by atoms with van der Waals surface area (Å²) in [5.41, 5.74) is 0.727. The first-order valence-electron chi connectivity index (χ1n) is 6.76. The second kappa shape index (κ2) is 3.74. The van der Waals surface area contributed by atoms with E-state index >= 15 is 0 Å². The first kappa shape index (κ1) is 10.1. The molecule has 0 radical (unpaired) electrons. The van der Waals surface area contributed by atoms with E-state index in [0.717, 1.165) is 17.4 Å². The molecule has 0 aromatic carbocycles. The highest BCUT2D eigenvalue weighted by Crippen LogP contribution is 2.40. The van der Waals surface area contributed by atoms with Gasteiger partial charge in [-0.15, -0.1) is 0 Å². The lowest BCUT2D eigenvalue weighted by Gasteiger charge is -2.52. The van der Waals surface area contributed by atoms with E-state index in [1.807, 2.05) is 0 Å². The Morgan fingerprint density at radius 1 is 1.20 bits per heavy atom. The van der Waals surface area contributed by atoms with Crippen molar-refractivity contribution in [3.63, 3.8) is 0 Å². The average molecular weight is 208 g/mol. The molecular weight excluding hydrogens is 184 g/mol. The third-order valence-electron chi connectivity index (χ3n) is 5.16. The summed E-state index contributed by atoms with van der Waals surface area (Å²) in [5, 5.41) is 3.44. The molecule has 2 saturated heterocycles. The third kappa shape index (κ3) is 1.72. The molecule has 1 N–H and O–H groups in total. The van der Waals surface area contributed by atoms with Crippen LogP contribution in [0.25, 0.3) is 0 Å². The van der Waals surface area contributed by atoms with Crippen molar-refractivity contribution in [1.82, 2.24) is 10.2 Å². The van der Waals surface area contributed by atoms with Gasteiger partial charge in [0.15, 0.2) is 0 Å². The molecule has 0 atom stereocenters. The minimum Gasteiger partial charge on any atom is -0.316 e. The van der Waals surface area contributed by atoms with E-state index in [1.54, 1.807) is 0 Å². The van der Waals surface area contributed by atoms with Crippen molar-refractivity contribution >= 4 is 0 Å². The zero-order valence-electron chi connectivity index (χ0n) is 9.97. The van der Waals surface area contributed by atoms with E-state index in [-0.39, 0.29) is 0 Å². The second-order valence-corrected chi connectivity index (χ2v) is 6.04. The number of nitrogens with one attached hydrogen (secondary N) is 1.